The molecule has 0 spiro atoms. The molecule has 0 aromatic carbocycles. The van der Waals surface area contributed by atoms with Gasteiger partial charge in [0.15, 0.2) is 0 Å². The molecule has 6 heteroatoms. The van der Waals surface area contributed by atoms with Crippen molar-refractivity contribution in [2.75, 3.05) is 6.54 Å². The summed E-state index contributed by atoms with van der Waals surface area (Å²) in [5.41, 5.74) is 0.0255. The minimum atomic E-state index is -0.381. The molecule has 2 unspecified atom stereocenters. The monoisotopic (exact) mass is 316 g/mol. The Bertz CT molecular complexity index is 510. The number of aromatic nitrogens is 1. The summed E-state index contributed by atoms with van der Waals surface area (Å²) in [7, 11) is 0. The molecule has 1 saturated carbocycles. The van der Waals surface area contributed by atoms with Gasteiger partial charge in [-0.15, -0.1) is 0 Å². The smallest absolute Gasteiger partial charge is 0.252 e. The van der Waals surface area contributed by atoms with Crippen molar-refractivity contribution < 1.29 is 9.90 Å². The van der Waals surface area contributed by atoms with Crippen LogP contribution in [-0.2, 0) is 0 Å². The topological polar surface area (TPSA) is 62.2 Å². The minimum absolute atomic E-state index is 0.114. The van der Waals surface area contributed by atoms with E-state index >= 15 is 0 Å². The van der Waals surface area contributed by atoms with Crippen LogP contribution in [0.1, 0.15) is 43.0 Å². The maximum atomic E-state index is 12.1. The first-order chi connectivity index (χ1) is 9.44. The third kappa shape index (κ3) is 3.25. The van der Waals surface area contributed by atoms with Crippen LogP contribution in [0.4, 0.5) is 0 Å². The van der Waals surface area contributed by atoms with Gasteiger partial charge in [-0.1, -0.05) is 43.0 Å². The summed E-state index contributed by atoms with van der Waals surface area (Å²) in [6, 6.07) is 1.53. The zero-order chi connectivity index (χ0) is 14.8. The van der Waals surface area contributed by atoms with Gasteiger partial charge in [0.05, 0.1) is 16.7 Å². The fraction of sp³-hybridized carbons (Fsp3) is 0.571. The molecule has 110 valence electrons. The van der Waals surface area contributed by atoms with Gasteiger partial charge in [0.1, 0.15) is 5.15 Å². The number of amides is 1. The van der Waals surface area contributed by atoms with Crippen molar-refractivity contribution in [3.05, 3.63) is 28.0 Å². The normalized spacial score (nSPS) is 26.3. The second-order valence-electron chi connectivity index (χ2n) is 5.56. The van der Waals surface area contributed by atoms with Gasteiger partial charge in [-0.25, -0.2) is 4.98 Å². The average Bonchev–Trinajstić information content (AvgIpc) is 2.43. The van der Waals surface area contributed by atoms with Gasteiger partial charge in [-0.3, -0.25) is 4.79 Å². The zero-order valence-corrected chi connectivity index (χ0v) is 12.8. The molecule has 0 radical (unpaired) electrons. The van der Waals surface area contributed by atoms with Gasteiger partial charge in [0.2, 0.25) is 0 Å². The molecule has 2 atom stereocenters. The second kappa shape index (κ2) is 6.29. The van der Waals surface area contributed by atoms with Crippen LogP contribution in [0.2, 0.25) is 10.2 Å². The molecule has 1 aromatic heterocycles. The van der Waals surface area contributed by atoms with Gasteiger partial charge >= 0.3 is 0 Å². The van der Waals surface area contributed by atoms with Crippen molar-refractivity contribution in [2.24, 2.45) is 5.41 Å². The lowest BCUT2D eigenvalue weighted by Crippen LogP contribution is -2.45. The largest absolute Gasteiger partial charge is 0.392 e. The molecule has 20 heavy (non-hydrogen) atoms. The van der Waals surface area contributed by atoms with Gasteiger partial charge in [-0.05, 0) is 18.9 Å². The lowest BCUT2D eigenvalue weighted by molar-refractivity contribution is 0.00190. The molecule has 0 bridgehead atoms. The zero-order valence-electron chi connectivity index (χ0n) is 11.3. The van der Waals surface area contributed by atoms with Gasteiger partial charge in [0, 0.05) is 18.2 Å². The van der Waals surface area contributed by atoms with Gasteiger partial charge < -0.3 is 10.4 Å². The van der Waals surface area contributed by atoms with Crippen molar-refractivity contribution in [3.8, 4) is 0 Å². The van der Waals surface area contributed by atoms with E-state index in [9.17, 15) is 9.90 Å². The Kier molecular flexibility index (Phi) is 4.89. The number of rotatable bonds is 3. The van der Waals surface area contributed by atoms with E-state index < -0.39 is 0 Å². The summed E-state index contributed by atoms with van der Waals surface area (Å²) in [5, 5.41) is 13.2. The van der Waals surface area contributed by atoms with Crippen molar-refractivity contribution in [3.63, 3.8) is 0 Å². The lowest BCUT2D eigenvalue weighted by Gasteiger charge is -2.38. The summed E-state index contributed by atoms with van der Waals surface area (Å²) >= 11 is 11.8. The number of aliphatic hydroxyl groups is 1. The first-order valence-electron chi connectivity index (χ1n) is 6.70. The van der Waals surface area contributed by atoms with Gasteiger partial charge in [-0.2, -0.15) is 0 Å². The molecule has 0 aliphatic heterocycles. The lowest BCUT2D eigenvalue weighted by atomic mass is 9.73. The summed E-state index contributed by atoms with van der Waals surface area (Å²) in [6.07, 6.45) is 4.86. The van der Waals surface area contributed by atoms with Crippen LogP contribution < -0.4 is 5.32 Å². The molecule has 1 amide bonds. The average molecular weight is 317 g/mol. The van der Waals surface area contributed by atoms with E-state index in [1.165, 1.54) is 12.3 Å². The van der Waals surface area contributed by atoms with Crippen LogP contribution in [-0.4, -0.2) is 28.6 Å². The minimum Gasteiger partial charge on any atom is -0.392 e. The first-order valence-corrected chi connectivity index (χ1v) is 7.46. The molecule has 4 nitrogen and oxygen atoms in total. The standard InChI is InChI=1S/C14H18Cl2N2O2/c1-14(6-3-2-4-10(14)19)8-18-13(20)9-5-7-17-12(16)11(9)15/h5,7,10,19H,2-4,6,8H2,1H3,(H,18,20). The van der Waals surface area contributed by atoms with E-state index in [4.69, 9.17) is 23.2 Å². The summed E-state index contributed by atoms with van der Waals surface area (Å²) < 4.78 is 0. The maximum absolute atomic E-state index is 12.1. The summed E-state index contributed by atoms with van der Waals surface area (Å²) in [5.74, 6) is -0.293. The summed E-state index contributed by atoms with van der Waals surface area (Å²) in [6.45, 7) is 2.42. The SMILES string of the molecule is CC1(CNC(=O)c2ccnc(Cl)c2Cl)CCCCC1O. The summed E-state index contributed by atoms with van der Waals surface area (Å²) in [4.78, 5) is 16.0. The maximum Gasteiger partial charge on any atom is 0.252 e. The number of nitrogens with one attached hydrogen (secondary N) is 1. The van der Waals surface area contributed by atoms with Crippen LogP contribution >= 0.6 is 23.2 Å². The highest BCUT2D eigenvalue weighted by atomic mass is 35.5. The molecule has 1 aliphatic rings. The number of pyridine rings is 1. The first kappa shape index (κ1) is 15.5. The number of hydrogen-bond donors (Lipinski definition) is 2. The molecule has 2 rings (SSSR count). The molecule has 1 fully saturated rings. The number of hydrogen-bond acceptors (Lipinski definition) is 3. The molecule has 0 saturated heterocycles. The number of halogens is 2. The highest BCUT2D eigenvalue weighted by Gasteiger charge is 2.35. The second-order valence-corrected chi connectivity index (χ2v) is 6.30. The van der Waals surface area contributed by atoms with Crippen molar-refractivity contribution in [1.29, 1.82) is 0 Å². The van der Waals surface area contributed by atoms with Crippen LogP contribution in [0.5, 0.6) is 0 Å². The Labute approximate surface area is 128 Å². The molecular formula is C14H18Cl2N2O2. The molecular weight excluding hydrogens is 299 g/mol. The van der Waals surface area contributed by atoms with E-state index in [1.807, 2.05) is 6.92 Å². The van der Waals surface area contributed by atoms with E-state index in [0.29, 0.717) is 12.1 Å². The van der Waals surface area contributed by atoms with Gasteiger partial charge in [0.25, 0.3) is 5.91 Å². The van der Waals surface area contributed by atoms with E-state index in [1.54, 1.807) is 0 Å². The highest BCUT2D eigenvalue weighted by molar-refractivity contribution is 6.43. The Morgan fingerprint density at radius 3 is 3.00 bits per heavy atom. The number of aliphatic hydroxyl groups excluding tert-OH is 1. The fourth-order valence-electron chi connectivity index (χ4n) is 2.56. The Morgan fingerprint density at radius 1 is 1.55 bits per heavy atom. The van der Waals surface area contributed by atoms with Crippen LogP contribution in [0.3, 0.4) is 0 Å². The molecule has 1 heterocycles. The van der Waals surface area contributed by atoms with Crippen molar-refractivity contribution >= 4 is 29.1 Å². The van der Waals surface area contributed by atoms with Crippen molar-refractivity contribution in [2.45, 2.75) is 38.7 Å². The predicted molar refractivity (Wildman–Crippen MR) is 79.2 cm³/mol. The predicted octanol–water partition coefficient (Wildman–Crippen LogP) is 3.06. The third-order valence-electron chi connectivity index (χ3n) is 4.02. The van der Waals surface area contributed by atoms with Crippen molar-refractivity contribution in [1.82, 2.24) is 10.3 Å². The number of carbonyl (C=O) groups is 1. The van der Waals surface area contributed by atoms with Crippen LogP contribution in [0.25, 0.3) is 0 Å². The van der Waals surface area contributed by atoms with E-state index in [-0.39, 0.29) is 27.6 Å². The van der Waals surface area contributed by atoms with E-state index in [0.717, 1.165) is 25.7 Å². The third-order valence-corrected chi connectivity index (χ3v) is 4.79. The molecule has 1 aromatic rings. The Balaban J connectivity index is 2.03. The highest BCUT2D eigenvalue weighted by Crippen LogP contribution is 2.35. The Hall–Kier alpha value is -0.840. The fourth-order valence-corrected chi connectivity index (χ4v) is 2.91. The number of carbonyl (C=O) groups excluding carboxylic acids is 1. The quantitative estimate of drug-likeness (QED) is 0.842. The Morgan fingerprint density at radius 2 is 2.30 bits per heavy atom. The number of nitrogens with zero attached hydrogens (tertiary/aromatic N) is 1. The molecule has 2 N–H and O–H groups in total. The van der Waals surface area contributed by atoms with Crippen LogP contribution in [0.15, 0.2) is 12.3 Å². The molecule has 1 aliphatic carbocycles. The van der Waals surface area contributed by atoms with Crippen LogP contribution in [0, 0.1) is 5.41 Å². The van der Waals surface area contributed by atoms with E-state index in [2.05, 4.69) is 10.3 Å².